The zero-order valence-electron chi connectivity index (χ0n) is 11.5. The van der Waals surface area contributed by atoms with Gasteiger partial charge in [0.15, 0.2) is 0 Å². The molecule has 1 N–H and O–H groups in total. The van der Waals surface area contributed by atoms with E-state index in [1.807, 2.05) is 0 Å². The zero-order valence-corrected chi connectivity index (χ0v) is 11.5. The van der Waals surface area contributed by atoms with Crippen LogP contribution in [-0.4, -0.2) is 39.6 Å². The Kier molecular flexibility index (Phi) is 4.87. The molecule has 0 saturated carbocycles. The topological polar surface area (TPSA) is 33.1 Å². The monoisotopic (exact) mass is 272 g/mol. The lowest BCUT2D eigenvalue weighted by molar-refractivity contribution is 0.0577. The summed E-state index contributed by atoms with van der Waals surface area (Å²) in [7, 11) is 0. The van der Waals surface area contributed by atoms with Gasteiger partial charge >= 0.3 is 6.55 Å². The Hall–Kier alpha value is -1.01. The minimum Gasteiger partial charge on any atom is -0.311 e. The van der Waals surface area contributed by atoms with E-state index in [4.69, 9.17) is 0 Å². The van der Waals surface area contributed by atoms with Gasteiger partial charge in [0.25, 0.3) is 0 Å². The van der Waals surface area contributed by atoms with Crippen molar-refractivity contribution in [3.05, 3.63) is 18.2 Å². The highest BCUT2D eigenvalue weighted by Gasteiger charge is 2.27. The van der Waals surface area contributed by atoms with Crippen LogP contribution < -0.4 is 5.32 Å². The SMILES string of the molecule is CCC1CN(Cc2nccn2C(F)F)C(CC)CN1. The highest BCUT2D eigenvalue weighted by Crippen LogP contribution is 2.18. The molecule has 6 heteroatoms. The normalized spacial score (nSPS) is 25.1. The summed E-state index contributed by atoms with van der Waals surface area (Å²) in [4.78, 5) is 6.34. The van der Waals surface area contributed by atoms with Gasteiger partial charge in [-0.25, -0.2) is 4.98 Å². The van der Waals surface area contributed by atoms with E-state index >= 15 is 0 Å². The second-order valence-electron chi connectivity index (χ2n) is 5.03. The van der Waals surface area contributed by atoms with Crippen molar-refractivity contribution >= 4 is 0 Å². The molecule has 1 aliphatic heterocycles. The maximum Gasteiger partial charge on any atom is 0.319 e. The number of alkyl halides is 2. The third kappa shape index (κ3) is 3.30. The van der Waals surface area contributed by atoms with Gasteiger partial charge in [-0.3, -0.25) is 9.47 Å². The van der Waals surface area contributed by atoms with Crippen LogP contribution in [0.5, 0.6) is 0 Å². The van der Waals surface area contributed by atoms with Crippen LogP contribution in [-0.2, 0) is 6.54 Å². The molecule has 0 aromatic carbocycles. The number of hydrogen-bond donors (Lipinski definition) is 1. The van der Waals surface area contributed by atoms with Crippen LogP contribution in [0.25, 0.3) is 0 Å². The van der Waals surface area contributed by atoms with Gasteiger partial charge in [-0.2, -0.15) is 8.78 Å². The summed E-state index contributed by atoms with van der Waals surface area (Å²) >= 11 is 0. The fraction of sp³-hybridized carbons (Fsp3) is 0.769. The smallest absolute Gasteiger partial charge is 0.311 e. The molecule has 0 bridgehead atoms. The Balaban J connectivity index is 2.08. The third-order valence-corrected chi connectivity index (χ3v) is 3.88. The molecule has 0 spiro atoms. The lowest BCUT2D eigenvalue weighted by Gasteiger charge is -2.39. The van der Waals surface area contributed by atoms with Gasteiger partial charge in [0.1, 0.15) is 5.82 Å². The summed E-state index contributed by atoms with van der Waals surface area (Å²) in [5.41, 5.74) is 0. The quantitative estimate of drug-likeness (QED) is 0.892. The molecule has 19 heavy (non-hydrogen) atoms. The van der Waals surface area contributed by atoms with Crippen molar-refractivity contribution in [1.29, 1.82) is 0 Å². The van der Waals surface area contributed by atoms with E-state index in [1.165, 1.54) is 12.4 Å². The Morgan fingerprint density at radius 1 is 1.42 bits per heavy atom. The number of nitrogens with zero attached hydrogens (tertiary/aromatic N) is 3. The van der Waals surface area contributed by atoms with Gasteiger partial charge in [-0.05, 0) is 12.8 Å². The number of aromatic nitrogens is 2. The molecule has 0 amide bonds. The predicted octanol–water partition coefficient (Wildman–Crippen LogP) is 2.24. The lowest BCUT2D eigenvalue weighted by atomic mass is 10.1. The van der Waals surface area contributed by atoms with Crippen molar-refractivity contribution in [3.8, 4) is 0 Å². The molecule has 2 rings (SSSR count). The van der Waals surface area contributed by atoms with Gasteiger partial charge in [-0.15, -0.1) is 0 Å². The largest absolute Gasteiger partial charge is 0.319 e. The molecule has 0 aliphatic carbocycles. The van der Waals surface area contributed by atoms with Gasteiger partial charge in [-0.1, -0.05) is 13.8 Å². The van der Waals surface area contributed by atoms with Crippen molar-refractivity contribution in [3.63, 3.8) is 0 Å². The van der Waals surface area contributed by atoms with Crippen LogP contribution in [0.1, 0.15) is 39.1 Å². The molecular formula is C13H22F2N4. The van der Waals surface area contributed by atoms with Gasteiger partial charge in [0.05, 0.1) is 6.54 Å². The second-order valence-corrected chi connectivity index (χ2v) is 5.03. The molecule has 2 atom stereocenters. The molecular weight excluding hydrogens is 250 g/mol. The third-order valence-electron chi connectivity index (χ3n) is 3.88. The number of hydrogen-bond acceptors (Lipinski definition) is 3. The van der Waals surface area contributed by atoms with Crippen LogP contribution in [0.4, 0.5) is 8.78 Å². The molecule has 1 aromatic rings. The summed E-state index contributed by atoms with van der Waals surface area (Å²) in [6.07, 6.45) is 4.86. The first-order chi connectivity index (χ1) is 9.15. The van der Waals surface area contributed by atoms with Gasteiger partial charge in [0.2, 0.25) is 0 Å². The van der Waals surface area contributed by atoms with Crippen molar-refractivity contribution < 1.29 is 8.78 Å². The average Bonchev–Trinajstić information content (AvgIpc) is 2.87. The van der Waals surface area contributed by atoms with E-state index < -0.39 is 6.55 Å². The molecule has 1 aromatic heterocycles. The lowest BCUT2D eigenvalue weighted by Crippen LogP contribution is -2.55. The van der Waals surface area contributed by atoms with Crippen molar-refractivity contribution in [2.24, 2.45) is 0 Å². The summed E-state index contributed by atoms with van der Waals surface area (Å²) in [5.74, 6) is 0.449. The molecule has 1 saturated heterocycles. The van der Waals surface area contributed by atoms with Crippen LogP contribution in [0.2, 0.25) is 0 Å². The summed E-state index contributed by atoms with van der Waals surface area (Å²) < 4.78 is 26.6. The summed E-state index contributed by atoms with van der Waals surface area (Å²) in [5, 5.41) is 3.50. The Labute approximate surface area is 112 Å². The van der Waals surface area contributed by atoms with Crippen LogP contribution >= 0.6 is 0 Å². The summed E-state index contributed by atoms with van der Waals surface area (Å²) in [6, 6.07) is 0.836. The first-order valence-corrected chi connectivity index (χ1v) is 6.93. The standard InChI is InChI=1S/C13H22F2N4/c1-3-10-8-18(11(4-2)7-17-10)9-12-16-5-6-19(12)13(14)15/h5-6,10-11,13,17H,3-4,7-9H2,1-2H3. The number of halogens is 2. The highest BCUT2D eigenvalue weighted by atomic mass is 19.3. The molecule has 2 unspecified atom stereocenters. The van der Waals surface area contributed by atoms with E-state index in [1.54, 1.807) is 0 Å². The van der Waals surface area contributed by atoms with Crippen LogP contribution in [0.3, 0.4) is 0 Å². The van der Waals surface area contributed by atoms with Crippen molar-refractivity contribution in [1.82, 2.24) is 19.8 Å². The van der Waals surface area contributed by atoms with Crippen molar-refractivity contribution in [2.75, 3.05) is 13.1 Å². The predicted molar refractivity (Wildman–Crippen MR) is 70.1 cm³/mol. The average molecular weight is 272 g/mol. The molecule has 4 nitrogen and oxygen atoms in total. The fourth-order valence-corrected chi connectivity index (χ4v) is 2.62. The number of rotatable bonds is 5. The van der Waals surface area contributed by atoms with E-state index in [9.17, 15) is 8.78 Å². The highest BCUT2D eigenvalue weighted by molar-refractivity contribution is 4.95. The minimum absolute atomic E-state index is 0.394. The van der Waals surface area contributed by atoms with E-state index in [0.29, 0.717) is 24.5 Å². The maximum atomic E-state index is 12.8. The minimum atomic E-state index is -2.51. The molecule has 1 fully saturated rings. The Bertz CT molecular complexity index is 394. The van der Waals surface area contributed by atoms with Crippen LogP contribution in [0, 0.1) is 0 Å². The fourth-order valence-electron chi connectivity index (χ4n) is 2.62. The van der Waals surface area contributed by atoms with E-state index in [0.717, 1.165) is 30.5 Å². The summed E-state index contributed by atoms with van der Waals surface area (Å²) in [6.45, 7) is 4.07. The number of nitrogens with one attached hydrogen (secondary N) is 1. The van der Waals surface area contributed by atoms with Gasteiger partial charge in [0, 0.05) is 37.6 Å². The number of imidazole rings is 1. The van der Waals surface area contributed by atoms with Gasteiger partial charge < -0.3 is 5.32 Å². The maximum absolute atomic E-state index is 12.8. The van der Waals surface area contributed by atoms with Crippen molar-refractivity contribution in [2.45, 2.75) is 51.9 Å². The molecule has 108 valence electrons. The number of piperazine rings is 1. The molecule has 2 heterocycles. The zero-order chi connectivity index (χ0) is 13.8. The molecule has 1 aliphatic rings. The Morgan fingerprint density at radius 2 is 2.21 bits per heavy atom. The van der Waals surface area contributed by atoms with E-state index in [2.05, 4.69) is 29.0 Å². The first kappa shape index (κ1) is 14.4. The van der Waals surface area contributed by atoms with E-state index in [-0.39, 0.29) is 0 Å². The second kappa shape index (κ2) is 6.43. The molecule has 0 radical (unpaired) electrons. The van der Waals surface area contributed by atoms with Crippen LogP contribution in [0.15, 0.2) is 12.4 Å². The Morgan fingerprint density at radius 3 is 2.84 bits per heavy atom. The first-order valence-electron chi connectivity index (χ1n) is 6.93.